The summed E-state index contributed by atoms with van der Waals surface area (Å²) in [6, 6.07) is 8.04. The van der Waals surface area contributed by atoms with Crippen molar-refractivity contribution in [3.8, 4) is 10.4 Å². The Kier molecular flexibility index (Phi) is 7.95. The van der Waals surface area contributed by atoms with Gasteiger partial charge in [-0.05, 0) is 31.5 Å². The SMILES string of the molecule is CC[N+](CC)=c1scc(-c2ccc(Cl)cc2)s1.[O-][Cl+3]([O-])([O-])[O-]. The minimum atomic E-state index is -4.94. The van der Waals surface area contributed by atoms with Crippen LogP contribution >= 0.6 is 34.3 Å². The molecule has 0 amide bonds. The van der Waals surface area contributed by atoms with Crippen LogP contribution in [0.4, 0.5) is 0 Å². The fourth-order valence-corrected chi connectivity index (χ4v) is 4.26. The lowest BCUT2D eigenvalue weighted by Gasteiger charge is -2.17. The van der Waals surface area contributed by atoms with Gasteiger partial charge in [-0.1, -0.05) is 46.4 Å². The predicted molar refractivity (Wildman–Crippen MR) is 79.0 cm³/mol. The molecule has 1 aromatic carbocycles. The molecule has 0 saturated carbocycles. The molecule has 0 unspecified atom stereocenters. The maximum Gasteiger partial charge on any atom is 0.314 e. The van der Waals surface area contributed by atoms with Crippen LogP contribution in [0.5, 0.6) is 0 Å². The molecule has 0 spiro atoms. The Morgan fingerprint density at radius 3 is 2.00 bits per heavy atom. The summed E-state index contributed by atoms with van der Waals surface area (Å²) < 4.78 is 37.7. The largest absolute Gasteiger partial charge is 0.314 e. The third-order valence-electron chi connectivity index (χ3n) is 2.61. The number of benzene rings is 1. The van der Waals surface area contributed by atoms with Crippen LogP contribution in [0.3, 0.4) is 0 Å². The van der Waals surface area contributed by atoms with Gasteiger partial charge < -0.3 is 0 Å². The van der Waals surface area contributed by atoms with Gasteiger partial charge in [0.05, 0.1) is 4.88 Å². The molecule has 122 valence electrons. The van der Waals surface area contributed by atoms with Crippen LogP contribution in [0.15, 0.2) is 29.6 Å². The first-order chi connectivity index (χ1) is 10.2. The first-order valence-corrected chi connectivity index (χ1v) is 9.59. The molecular weight excluding hydrogens is 369 g/mol. The van der Waals surface area contributed by atoms with Crippen LogP contribution in [-0.4, -0.2) is 13.1 Å². The molecular formula is C13H15Cl2NO4S2. The molecule has 0 fully saturated rings. The van der Waals surface area contributed by atoms with Crippen molar-refractivity contribution in [2.75, 3.05) is 13.1 Å². The second kappa shape index (κ2) is 8.95. The lowest BCUT2D eigenvalue weighted by Crippen LogP contribution is -2.68. The first kappa shape index (κ1) is 19.5. The zero-order chi connectivity index (χ0) is 16.8. The highest BCUT2D eigenvalue weighted by atomic mass is 35.7. The van der Waals surface area contributed by atoms with E-state index >= 15 is 0 Å². The van der Waals surface area contributed by atoms with E-state index in [-0.39, 0.29) is 0 Å². The third-order valence-corrected chi connectivity index (χ3v) is 5.37. The highest BCUT2D eigenvalue weighted by Crippen LogP contribution is 2.25. The normalized spacial score (nSPS) is 10.9. The monoisotopic (exact) mass is 383 g/mol. The molecule has 0 saturated heterocycles. The van der Waals surface area contributed by atoms with Gasteiger partial charge in [0.1, 0.15) is 13.1 Å². The molecule has 0 radical (unpaired) electrons. The van der Waals surface area contributed by atoms with Crippen LogP contribution < -0.4 is 27.2 Å². The molecule has 0 aliphatic rings. The summed E-state index contributed by atoms with van der Waals surface area (Å²) in [7, 11) is -4.94. The van der Waals surface area contributed by atoms with Crippen LogP contribution in [0.2, 0.25) is 5.02 Å². The van der Waals surface area contributed by atoms with Gasteiger partial charge in [0, 0.05) is 10.4 Å². The second-order valence-electron chi connectivity index (χ2n) is 4.03. The fraction of sp³-hybridized carbons (Fsp3) is 0.308. The molecule has 9 heteroatoms. The van der Waals surface area contributed by atoms with E-state index < -0.39 is 10.2 Å². The first-order valence-electron chi connectivity index (χ1n) is 6.28. The van der Waals surface area contributed by atoms with Crippen LogP contribution in [0, 0.1) is 10.2 Å². The van der Waals surface area contributed by atoms with Crippen molar-refractivity contribution < 1.29 is 28.9 Å². The number of nitrogens with zero attached hydrogens (tertiary/aromatic N) is 1. The lowest BCUT2D eigenvalue weighted by atomic mass is 10.2. The topological polar surface area (TPSA) is 95.2 Å². The number of hydrogen-bond donors (Lipinski definition) is 0. The van der Waals surface area contributed by atoms with E-state index in [0.29, 0.717) is 0 Å². The molecule has 1 aromatic heterocycles. The van der Waals surface area contributed by atoms with Gasteiger partial charge in [-0.2, -0.15) is 0 Å². The Morgan fingerprint density at radius 1 is 1.05 bits per heavy atom. The summed E-state index contributed by atoms with van der Waals surface area (Å²) in [5, 5.41) is 3.01. The molecule has 5 nitrogen and oxygen atoms in total. The average Bonchev–Trinajstić information content (AvgIpc) is 2.89. The molecule has 0 bridgehead atoms. The van der Waals surface area contributed by atoms with E-state index in [9.17, 15) is 0 Å². The highest BCUT2D eigenvalue weighted by Gasteiger charge is 2.06. The minimum absolute atomic E-state index is 0.790. The molecule has 2 aromatic rings. The summed E-state index contributed by atoms with van der Waals surface area (Å²) in [6.07, 6.45) is 0. The van der Waals surface area contributed by atoms with Crippen molar-refractivity contribution in [3.05, 3.63) is 38.7 Å². The molecule has 0 atom stereocenters. The molecule has 0 N–H and O–H groups in total. The van der Waals surface area contributed by atoms with Gasteiger partial charge in [-0.25, -0.2) is 23.2 Å². The van der Waals surface area contributed by atoms with Crippen LogP contribution in [0.1, 0.15) is 13.8 Å². The van der Waals surface area contributed by atoms with Crippen molar-refractivity contribution in [2.45, 2.75) is 13.8 Å². The van der Waals surface area contributed by atoms with Crippen molar-refractivity contribution in [1.29, 1.82) is 0 Å². The molecule has 0 aliphatic heterocycles. The molecule has 0 aliphatic carbocycles. The van der Waals surface area contributed by atoms with Gasteiger partial charge in [0.15, 0.2) is 0 Å². The standard InChI is InChI=1S/C13H15ClNS2.ClHO4/c1-3-15(4-2)13-16-9-12(17-13)10-5-7-11(14)8-6-10;2-1(3,4)5/h5-9H,3-4H2,1-2H3;(H,2,3,4,5)/q+1;/p-1. The van der Waals surface area contributed by atoms with Crippen molar-refractivity contribution in [2.24, 2.45) is 0 Å². The van der Waals surface area contributed by atoms with E-state index in [2.05, 4.69) is 35.9 Å². The van der Waals surface area contributed by atoms with Gasteiger partial charge in [0.2, 0.25) is 0 Å². The maximum atomic E-state index is 8.49. The third kappa shape index (κ3) is 7.17. The van der Waals surface area contributed by atoms with Crippen LogP contribution in [-0.2, 0) is 0 Å². The summed E-state index contributed by atoms with van der Waals surface area (Å²) in [5.74, 6) is 0. The molecule has 22 heavy (non-hydrogen) atoms. The van der Waals surface area contributed by atoms with E-state index in [1.165, 1.54) is 14.4 Å². The van der Waals surface area contributed by atoms with E-state index in [4.69, 9.17) is 30.2 Å². The second-order valence-corrected chi connectivity index (χ2v) is 7.36. The summed E-state index contributed by atoms with van der Waals surface area (Å²) in [6.45, 7) is 6.51. The zero-order valence-corrected chi connectivity index (χ0v) is 15.1. The predicted octanol–water partition coefficient (Wildman–Crippen LogP) is -0.814. The van der Waals surface area contributed by atoms with Gasteiger partial charge in [-0.15, -0.1) is 10.2 Å². The lowest BCUT2D eigenvalue weighted by molar-refractivity contribution is -2.00. The Bertz CT molecular complexity index is 635. The molecule has 2 rings (SSSR count). The van der Waals surface area contributed by atoms with Gasteiger partial charge in [0.25, 0.3) is 0 Å². The highest BCUT2D eigenvalue weighted by molar-refractivity contribution is 7.28. The average molecular weight is 384 g/mol. The van der Waals surface area contributed by atoms with Crippen molar-refractivity contribution in [3.63, 3.8) is 0 Å². The van der Waals surface area contributed by atoms with Crippen molar-refractivity contribution in [1.82, 2.24) is 4.58 Å². The summed E-state index contributed by atoms with van der Waals surface area (Å²) in [4.78, 5) is 1.31. The molecule has 1 heterocycles. The fourth-order valence-electron chi connectivity index (χ4n) is 1.61. The Hall–Kier alpha value is -0.510. The van der Waals surface area contributed by atoms with Crippen LogP contribution in [0.25, 0.3) is 10.4 Å². The van der Waals surface area contributed by atoms with E-state index in [0.717, 1.165) is 18.1 Å². The van der Waals surface area contributed by atoms with Gasteiger partial charge >= 0.3 is 3.98 Å². The van der Waals surface area contributed by atoms with Crippen molar-refractivity contribution >= 4 is 34.3 Å². The Morgan fingerprint density at radius 2 is 1.55 bits per heavy atom. The maximum absolute atomic E-state index is 8.49. The Labute approximate surface area is 143 Å². The minimum Gasteiger partial charge on any atom is -0.222 e. The quantitative estimate of drug-likeness (QED) is 0.647. The number of rotatable bonds is 3. The number of halogens is 2. The summed E-state index contributed by atoms with van der Waals surface area (Å²) >= 11 is 9.57. The smallest absolute Gasteiger partial charge is 0.222 e. The van der Waals surface area contributed by atoms with E-state index in [1.807, 2.05) is 34.8 Å². The van der Waals surface area contributed by atoms with E-state index in [1.54, 1.807) is 0 Å². The van der Waals surface area contributed by atoms with Gasteiger partial charge in [-0.3, -0.25) is 0 Å². The Balaban J connectivity index is 0.000000422. The number of hydrogen-bond acceptors (Lipinski definition) is 6. The zero-order valence-electron chi connectivity index (χ0n) is 12.0. The summed E-state index contributed by atoms with van der Waals surface area (Å²) in [5.41, 5.74) is 1.24.